The van der Waals surface area contributed by atoms with Crippen LogP contribution >= 0.6 is 0 Å². The molecule has 0 aromatic heterocycles. The van der Waals surface area contributed by atoms with Crippen LogP contribution in [-0.2, 0) is 25.7 Å². The summed E-state index contributed by atoms with van der Waals surface area (Å²) in [5.74, 6) is -1.98. The fourth-order valence-electron chi connectivity index (χ4n) is 2.65. The summed E-state index contributed by atoms with van der Waals surface area (Å²) < 4.78 is 16.0. The second-order valence-corrected chi connectivity index (χ2v) is 6.29. The van der Waals surface area contributed by atoms with Gasteiger partial charge in [0.05, 0.1) is 11.7 Å². The lowest BCUT2D eigenvalue weighted by Gasteiger charge is -2.31. The number of benzene rings is 1. The van der Waals surface area contributed by atoms with Gasteiger partial charge in [0, 0.05) is 32.9 Å². The SMILES string of the molecule is CC(=O)OCc1ccc(OC2CC(O)CC(C(=O)O)O2)c(C(=O)NCCN)c1. The van der Waals surface area contributed by atoms with Gasteiger partial charge in [0.15, 0.2) is 6.10 Å². The van der Waals surface area contributed by atoms with Gasteiger partial charge in [0.1, 0.15) is 12.4 Å². The average molecular weight is 396 g/mol. The molecule has 1 heterocycles. The number of carboxylic acid groups (broad SMARTS) is 1. The van der Waals surface area contributed by atoms with Gasteiger partial charge in [-0.15, -0.1) is 0 Å². The number of rotatable bonds is 8. The monoisotopic (exact) mass is 396 g/mol. The first kappa shape index (κ1) is 21.6. The molecule has 1 aromatic carbocycles. The Labute approximate surface area is 161 Å². The smallest absolute Gasteiger partial charge is 0.333 e. The van der Waals surface area contributed by atoms with E-state index in [-0.39, 0.29) is 43.9 Å². The number of nitrogens with two attached hydrogens (primary N) is 1. The Kier molecular flexibility index (Phi) is 7.73. The van der Waals surface area contributed by atoms with Gasteiger partial charge in [-0.1, -0.05) is 6.07 Å². The van der Waals surface area contributed by atoms with Gasteiger partial charge in [-0.25, -0.2) is 4.79 Å². The van der Waals surface area contributed by atoms with E-state index in [4.69, 9.17) is 25.1 Å². The summed E-state index contributed by atoms with van der Waals surface area (Å²) >= 11 is 0. The quantitative estimate of drug-likeness (QED) is 0.436. The lowest BCUT2D eigenvalue weighted by molar-refractivity contribution is -0.195. The molecule has 0 radical (unpaired) electrons. The molecule has 10 nitrogen and oxygen atoms in total. The molecule has 5 N–H and O–H groups in total. The maximum absolute atomic E-state index is 12.5. The Balaban J connectivity index is 2.21. The van der Waals surface area contributed by atoms with Crippen LogP contribution in [-0.4, -0.2) is 59.6 Å². The van der Waals surface area contributed by atoms with E-state index in [1.807, 2.05) is 0 Å². The summed E-state index contributed by atoms with van der Waals surface area (Å²) in [6.07, 6.45) is -3.13. The number of esters is 1. The van der Waals surface area contributed by atoms with Gasteiger partial charge in [-0.3, -0.25) is 9.59 Å². The molecule has 0 aliphatic carbocycles. The van der Waals surface area contributed by atoms with Crippen LogP contribution < -0.4 is 15.8 Å². The third-order valence-electron chi connectivity index (χ3n) is 3.96. The van der Waals surface area contributed by atoms with E-state index in [0.717, 1.165) is 0 Å². The lowest BCUT2D eigenvalue weighted by Crippen LogP contribution is -2.42. The Morgan fingerprint density at radius 2 is 2.07 bits per heavy atom. The molecule has 0 spiro atoms. The second-order valence-electron chi connectivity index (χ2n) is 6.29. The number of aliphatic hydroxyl groups is 1. The van der Waals surface area contributed by atoms with Crippen LogP contribution in [0.2, 0.25) is 0 Å². The molecule has 0 saturated carbocycles. The van der Waals surface area contributed by atoms with Gasteiger partial charge >= 0.3 is 11.9 Å². The minimum atomic E-state index is -1.20. The number of nitrogens with one attached hydrogen (secondary N) is 1. The molecule has 3 unspecified atom stereocenters. The van der Waals surface area contributed by atoms with E-state index >= 15 is 0 Å². The molecule has 1 fully saturated rings. The Bertz CT molecular complexity index is 724. The highest BCUT2D eigenvalue weighted by molar-refractivity contribution is 5.97. The first-order valence-electron chi connectivity index (χ1n) is 8.77. The molecule has 0 bridgehead atoms. The van der Waals surface area contributed by atoms with E-state index in [2.05, 4.69) is 5.32 Å². The van der Waals surface area contributed by atoms with Crippen molar-refractivity contribution in [2.45, 2.75) is 44.9 Å². The number of aliphatic carboxylic acids is 1. The van der Waals surface area contributed by atoms with Crippen molar-refractivity contribution in [3.05, 3.63) is 29.3 Å². The topological polar surface area (TPSA) is 157 Å². The van der Waals surface area contributed by atoms with Crippen LogP contribution in [0.1, 0.15) is 35.7 Å². The number of carbonyl (C=O) groups is 3. The highest BCUT2D eigenvalue weighted by atomic mass is 16.7. The summed E-state index contributed by atoms with van der Waals surface area (Å²) in [6, 6.07) is 4.60. The summed E-state index contributed by atoms with van der Waals surface area (Å²) in [5.41, 5.74) is 6.12. The average Bonchev–Trinajstić information content (AvgIpc) is 2.64. The molecule has 1 saturated heterocycles. The fraction of sp³-hybridized carbons (Fsp3) is 0.500. The minimum Gasteiger partial charge on any atom is -0.479 e. The maximum Gasteiger partial charge on any atom is 0.333 e. The van der Waals surface area contributed by atoms with Crippen LogP contribution in [0.5, 0.6) is 5.75 Å². The lowest BCUT2D eigenvalue weighted by atomic mass is 10.0. The number of hydrogen-bond donors (Lipinski definition) is 4. The summed E-state index contributed by atoms with van der Waals surface area (Å²) in [4.78, 5) is 34.6. The maximum atomic E-state index is 12.5. The van der Waals surface area contributed by atoms with E-state index in [9.17, 15) is 19.5 Å². The zero-order valence-electron chi connectivity index (χ0n) is 15.4. The molecule has 1 aliphatic heterocycles. The Morgan fingerprint density at radius 3 is 2.71 bits per heavy atom. The van der Waals surface area contributed by atoms with Crippen LogP contribution in [0, 0.1) is 0 Å². The minimum absolute atomic E-state index is 0.0213. The molecule has 28 heavy (non-hydrogen) atoms. The van der Waals surface area contributed by atoms with Gasteiger partial charge in [0.2, 0.25) is 6.29 Å². The molecule has 154 valence electrons. The Hall–Kier alpha value is -2.69. The van der Waals surface area contributed by atoms with Crippen LogP contribution in [0.15, 0.2) is 18.2 Å². The van der Waals surface area contributed by atoms with E-state index < -0.39 is 36.3 Å². The van der Waals surface area contributed by atoms with E-state index in [1.165, 1.54) is 19.1 Å². The molecule has 1 aliphatic rings. The molecule has 1 aromatic rings. The van der Waals surface area contributed by atoms with Crippen molar-refractivity contribution in [3.63, 3.8) is 0 Å². The van der Waals surface area contributed by atoms with Gasteiger partial charge in [-0.2, -0.15) is 0 Å². The standard InChI is InChI=1S/C18H24N2O8/c1-10(21)26-9-11-2-3-14(13(6-11)17(23)20-5-4-19)27-16-8-12(22)7-15(28-16)18(24)25/h2-3,6,12,15-16,22H,4-5,7-9,19H2,1H3,(H,20,23)(H,24,25). The molecule has 3 atom stereocenters. The van der Waals surface area contributed by atoms with Crippen molar-refractivity contribution >= 4 is 17.8 Å². The highest BCUT2D eigenvalue weighted by Gasteiger charge is 2.34. The zero-order valence-corrected chi connectivity index (χ0v) is 15.4. The number of amides is 1. The van der Waals surface area contributed by atoms with Gasteiger partial charge < -0.3 is 35.5 Å². The first-order valence-corrected chi connectivity index (χ1v) is 8.77. The van der Waals surface area contributed by atoms with Crippen molar-refractivity contribution < 1.29 is 38.8 Å². The normalized spacial score (nSPS) is 21.6. The molecule has 10 heteroatoms. The molecular formula is C18H24N2O8. The van der Waals surface area contributed by atoms with Crippen molar-refractivity contribution in [1.82, 2.24) is 5.32 Å². The summed E-state index contributed by atoms with van der Waals surface area (Å²) in [7, 11) is 0. The molecule has 2 rings (SSSR count). The number of hydrogen-bond acceptors (Lipinski definition) is 8. The van der Waals surface area contributed by atoms with Gasteiger partial charge in [-0.05, 0) is 17.7 Å². The van der Waals surface area contributed by atoms with Gasteiger partial charge in [0.25, 0.3) is 5.91 Å². The number of ether oxygens (including phenoxy) is 3. The number of carboxylic acids is 1. The molecular weight excluding hydrogens is 372 g/mol. The van der Waals surface area contributed by atoms with E-state index in [0.29, 0.717) is 5.56 Å². The predicted molar refractivity (Wildman–Crippen MR) is 95.5 cm³/mol. The first-order chi connectivity index (χ1) is 13.3. The van der Waals surface area contributed by atoms with Crippen molar-refractivity contribution in [3.8, 4) is 5.75 Å². The summed E-state index contributed by atoms with van der Waals surface area (Å²) in [5, 5.41) is 21.6. The number of carbonyl (C=O) groups excluding carboxylic acids is 2. The Morgan fingerprint density at radius 1 is 1.32 bits per heavy atom. The second kappa shape index (κ2) is 10.0. The van der Waals surface area contributed by atoms with Crippen molar-refractivity contribution in [1.29, 1.82) is 0 Å². The van der Waals surface area contributed by atoms with Crippen molar-refractivity contribution in [2.24, 2.45) is 5.73 Å². The summed E-state index contributed by atoms with van der Waals surface area (Å²) in [6.45, 7) is 1.74. The third-order valence-corrected chi connectivity index (χ3v) is 3.96. The van der Waals surface area contributed by atoms with Crippen LogP contribution in [0.3, 0.4) is 0 Å². The van der Waals surface area contributed by atoms with Crippen LogP contribution in [0.25, 0.3) is 0 Å². The van der Waals surface area contributed by atoms with Crippen molar-refractivity contribution in [2.75, 3.05) is 13.1 Å². The largest absolute Gasteiger partial charge is 0.479 e. The zero-order chi connectivity index (χ0) is 20.7. The van der Waals surface area contributed by atoms with Crippen LogP contribution in [0.4, 0.5) is 0 Å². The fourth-order valence-corrected chi connectivity index (χ4v) is 2.65. The highest BCUT2D eigenvalue weighted by Crippen LogP contribution is 2.27. The molecule has 1 amide bonds. The predicted octanol–water partition coefficient (Wildman–Crippen LogP) is -0.232. The van der Waals surface area contributed by atoms with E-state index in [1.54, 1.807) is 6.07 Å². The third kappa shape index (κ3) is 6.19. The number of aliphatic hydroxyl groups excluding tert-OH is 1.